The summed E-state index contributed by atoms with van der Waals surface area (Å²) >= 11 is 0. The predicted octanol–water partition coefficient (Wildman–Crippen LogP) is 17.2. The van der Waals surface area contributed by atoms with Gasteiger partial charge in [0.1, 0.15) is 5.75 Å². The molecule has 0 spiro atoms. The van der Waals surface area contributed by atoms with Gasteiger partial charge in [-0.3, -0.25) is 14.7 Å². The number of benzene rings is 8. The minimum atomic E-state index is 0.616. The zero-order valence-electron chi connectivity index (χ0n) is 55.1. The van der Waals surface area contributed by atoms with Crippen LogP contribution in [-0.4, -0.2) is 112 Å². The highest BCUT2D eigenvalue weighted by Crippen LogP contribution is 2.15. The highest BCUT2D eigenvalue weighted by Gasteiger charge is 2.06. The van der Waals surface area contributed by atoms with E-state index < -0.39 is 0 Å². The van der Waals surface area contributed by atoms with Crippen molar-refractivity contribution in [3.05, 3.63) is 281 Å². The lowest BCUT2D eigenvalue weighted by molar-refractivity contribution is 0.266. The summed E-state index contributed by atoms with van der Waals surface area (Å²) < 4.78 is 5.16. The number of aryl methyl sites for hydroxylation is 2. The Morgan fingerprint density at radius 1 is 0.286 bits per heavy atom. The maximum Gasteiger partial charge on any atom is 0.118 e. The molecule has 0 unspecified atom stereocenters. The minimum absolute atomic E-state index is 0.616. The van der Waals surface area contributed by atoms with Gasteiger partial charge in [-0.2, -0.15) is 0 Å². The highest BCUT2D eigenvalue weighted by molar-refractivity contribution is 5.28. The standard InChI is InChI=1S/C16H19NO.C16H19N.C13H21N.C11H17N.C9H13N.C6H15N.C6H6/c1-17(12-14-6-4-3-5-7-14)13-15-8-10-16(18-2)11-9-15;1-14-8-10-16(11-9-14)13-17(2)12-15-6-4-3-5-7-15;1-11(2)9-14(4)10-13-7-5-12(3)6-8-13;1-10(2)12(3)9-11-7-5-4-6-8-11;1-10(2)8-9-6-4-3-5-7-9;1-6(2)5-7(3)4;1-2-4-6-5-3-1/h3-11H,12-13H2,1-2H3;3-11H,12-13H2,1-2H3;5-8,11H,9-10H2,1-4H3;4-8,10H,9H2,1-3H3;3-7H,8H2,1-2H3;6H,5H2,1-4H3;1-6H. The SMILES string of the molecule is CC(C)CN(C)C.CC(C)N(C)Cc1ccccc1.CN(C)Cc1ccccc1.COc1ccc(CN(C)Cc2ccccc2)cc1.Cc1ccc(CN(C)CC(C)C)cc1.Cc1ccc(CN(C)Cc2ccccc2)cc1.c1ccccc1. The van der Waals surface area contributed by atoms with Crippen molar-refractivity contribution in [2.45, 2.75) is 107 Å². The molecule has 0 aromatic heterocycles. The van der Waals surface area contributed by atoms with Crippen LogP contribution in [0, 0.1) is 25.7 Å². The van der Waals surface area contributed by atoms with Crippen LogP contribution in [-0.2, 0) is 45.8 Å². The fourth-order valence-electron chi connectivity index (χ4n) is 8.76. The number of nitrogens with zero attached hydrogens (tertiary/aromatic N) is 6. The summed E-state index contributed by atoms with van der Waals surface area (Å²) in [6.45, 7) is 27.0. The minimum Gasteiger partial charge on any atom is -0.497 e. The largest absolute Gasteiger partial charge is 0.497 e. The fourth-order valence-corrected chi connectivity index (χ4v) is 8.76. The first-order valence-electron chi connectivity index (χ1n) is 30.2. The quantitative estimate of drug-likeness (QED) is 0.0751. The summed E-state index contributed by atoms with van der Waals surface area (Å²) in [4.78, 5) is 13.7. The smallest absolute Gasteiger partial charge is 0.118 e. The van der Waals surface area contributed by atoms with E-state index in [9.17, 15) is 0 Å². The van der Waals surface area contributed by atoms with Crippen LogP contribution in [0.2, 0.25) is 0 Å². The Hall–Kier alpha value is -6.68. The summed E-state index contributed by atoms with van der Waals surface area (Å²) in [7, 11) is 18.7. The number of methoxy groups -OCH3 is 1. The van der Waals surface area contributed by atoms with E-state index in [2.05, 4.69) is 311 Å². The second kappa shape index (κ2) is 44.8. The Labute approximate surface area is 513 Å². The van der Waals surface area contributed by atoms with Crippen LogP contribution < -0.4 is 4.74 Å². The van der Waals surface area contributed by atoms with Gasteiger partial charge in [0.05, 0.1) is 7.11 Å². The van der Waals surface area contributed by atoms with Gasteiger partial charge in [0, 0.05) is 58.4 Å². The Morgan fingerprint density at radius 3 is 0.810 bits per heavy atom. The second-order valence-corrected chi connectivity index (χ2v) is 23.8. The second-order valence-electron chi connectivity index (χ2n) is 23.8. The van der Waals surface area contributed by atoms with Gasteiger partial charge in [-0.05, 0) is 154 Å². The third-order valence-corrected chi connectivity index (χ3v) is 12.9. The topological polar surface area (TPSA) is 28.7 Å². The van der Waals surface area contributed by atoms with E-state index in [4.69, 9.17) is 4.74 Å². The van der Waals surface area contributed by atoms with Crippen LogP contribution in [0.3, 0.4) is 0 Å². The molecule has 454 valence electrons. The Bertz CT molecular complexity index is 2690. The molecule has 0 radical (unpaired) electrons. The van der Waals surface area contributed by atoms with E-state index in [1.807, 2.05) is 60.7 Å². The van der Waals surface area contributed by atoms with Crippen molar-refractivity contribution in [3.8, 4) is 5.75 Å². The van der Waals surface area contributed by atoms with E-state index in [0.717, 1.165) is 69.9 Å². The van der Waals surface area contributed by atoms with Crippen molar-refractivity contribution in [1.29, 1.82) is 0 Å². The van der Waals surface area contributed by atoms with E-state index in [0.29, 0.717) is 6.04 Å². The lowest BCUT2D eigenvalue weighted by Gasteiger charge is -2.20. The molecule has 8 rings (SSSR count). The molecule has 84 heavy (non-hydrogen) atoms. The zero-order chi connectivity index (χ0) is 61.9. The summed E-state index contributed by atoms with van der Waals surface area (Å²) in [5, 5.41) is 0. The number of ether oxygens (including phenoxy) is 1. The molecule has 0 amide bonds. The lowest BCUT2D eigenvalue weighted by atomic mass is 10.1. The van der Waals surface area contributed by atoms with Crippen LogP contribution in [0.5, 0.6) is 5.75 Å². The number of hydrogen-bond donors (Lipinski definition) is 0. The predicted molar refractivity (Wildman–Crippen MR) is 366 cm³/mol. The molecule has 0 saturated carbocycles. The van der Waals surface area contributed by atoms with Gasteiger partial charge >= 0.3 is 0 Å². The molecule has 7 nitrogen and oxygen atoms in total. The van der Waals surface area contributed by atoms with Crippen molar-refractivity contribution in [2.75, 3.05) is 76.6 Å². The van der Waals surface area contributed by atoms with Crippen LogP contribution in [0.4, 0.5) is 0 Å². The lowest BCUT2D eigenvalue weighted by Crippen LogP contribution is -2.25. The summed E-state index contributed by atoms with van der Waals surface area (Å²) in [5.74, 6) is 2.45. The Balaban J connectivity index is 0.000000344. The van der Waals surface area contributed by atoms with E-state index in [-0.39, 0.29) is 0 Å². The monoisotopic (exact) mass is 1130 g/mol. The van der Waals surface area contributed by atoms with Gasteiger partial charge in [-0.25, -0.2) is 0 Å². The van der Waals surface area contributed by atoms with Gasteiger partial charge < -0.3 is 19.4 Å². The average Bonchev–Trinajstić information content (AvgIpc) is 3.50. The fraction of sp³-hybridized carbons (Fsp3) is 0.377. The number of hydrogen-bond acceptors (Lipinski definition) is 7. The molecule has 7 heteroatoms. The molecule has 0 aliphatic heterocycles. The van der Waals surface area contributed by atoms with Crippen molar-refractivity contribution in [1.82, 2.24) is 29.4 Å². The summed E-state index contributed by atoms with van der Waals surface area (Å²) in [6, 6.07) is 80.5. The van der Waals surface area contributed by atoms with E-state index in [1.165, 1.54) is 56.6 Å². The normalized spacial score (nSPS) is 10.6. The van der Waals surface area contributed by atoms with Crippen LogP contribution in [0.1, 0.15) is 91.6 Å². The zero-order valence-corrected chi connectivity index (χ0v) is 55.1. The van der Waals surface area contributed by atoms with Crippen LogP contribution >= 0.6 is 0 Å². The van der Waals surface area contributed by atoms with Crippen molar-refractivity contribution >= 4 is 0 Å². The highest BCUT2D eigenvalue weighted by atomic mass is 16.5. The first-order valence-corrected chi connectivity index (χ1v) is 30.2. The van der Waals surface area contributed by atoms with Crippen LogP contribution in [0.25, 0.3) is 0 Å². The van der Waals surface area contributed by atoms with Gasteiger partial charge in [0.25, 0.3) is 0 Å². The van der Waals surface area contributed by atoms with Crippen molar-refractivity contribution in [3.63, 3.8) is 0 Å². The maximum atomic E-state index is 5.16. The van der Waals surface area contributed by atoms with E-state index >= 15 is 0 Å². The molecule has 8 aromatic rings. The first-order chi connectivity index (χ1) is 40.2. The molecule has 0 aliphatic rings. The number of rotatable bonds is 20. The molecular weight excluding hydrogens is 1020 g/mol. The molecule has 0 bridgehead atoms. The maximum absolute atomic E-state index is 5.16. The molecule has 0 aliphatic carbocycles. The average molecular weight is 1140 g/mol. The van der Waals surface area contributed by atoms with Crippen molar-refractivity contribution < 1.29 is 4.74 Å². The third kappa shape index (κ3) is 39.0. The molecule has 0 N–H and O–H groups in total. The molecular formula is C77H110N6O. The van der Waals surface area contributed by atoms with Crippen LogP contribution in [0.15, 0.2) is 231 Å². The van der Waals surface area contributed by atoms with Gasteiger partial charge in [-0.15, -0.1) is 0 Å². The Morgan fingerprint density at radius 2 is 0.548 bits per heavy atom. The van der Waals surface area contributed by atoms with Gasteiger partial charge in [0.2, 0.25) is 0 Å². The third-order valence-electron chi connectivity index (χ3n) is 12.9. The molecule has 0 heterocycles. The van der Waals surface area contributed by atoms with Gasteiger partial charge in [0.15, 0.2) is 0 Å². The first kappa shape index (κ1) is 73.4. The molecule has 0 atom stereocenters. The summed E-state index contributed by atoms with van der Waals surface area (Å²) in [6.07, 6.45) is 0. The van der Waals surface area contributed by atoms with E-state index in [1.54, 1.807) is 7.11 Å². The molecule has 0 fully saturated rings. The van der Waals surface area contributed by atoms with Gasteiger partial charge in [-0.1, -0.05) is 257 Å². The molecule has 8 aromatic carbocycles. The summed E-state index contributed by atoms with van der Waals surface area (Å²) in [5.41, 5.74) is 12.2. The molecule has 0 saturated heterocycles. The Kier molecular flexibility index (Phi) is 39.1. The van der Waals surface area contributed by atoms with Crippen molar-refractivity contribution in [2.24, 2.45) is 11.8 Å².